The predicted molar refractivity (Wildman–Crippen MR) is 73.5 cm³/mol. The summed E-state index contributed by atoms with van der Waals surface area (Å²) in [5.41, 5.74) is 0.350. The van der Waals surface area contributed by atoms with Crippen LogP contribution < -0.4 is 0 Å². The van der Waals surface area contributed by atoms with Gasteiger partial charge in [-0.2, -0.15) is 0 Å². The van der Waals surface area contributed by atoms with Gasteiger partial charge in [0.2, 0.25) is 0 Å². The molecule has 1 unspecified atom stereocenters. The quantitative estimate of drug-likeness (QED) is 0.738. The van der Waals surface area contributed by atoms with Gasteiger partial charge in [-0.25, -0.2) is 4.39 Å². The van der Waals surface area contributed by atoms with Crippen LogP contribution in [-0.2, 0) is 4.74 Å². The summed E-state index contributed by atoms with van der Waals surface area (Å²) in [7, 11) is 0. The fraction of sp³-hybridized carbons (Fsp3) is 0.417. The summed E-state index contributed by atoms with van der Waals surface area (Å²) in [6.45, 7) is 1.55. The largest absolute Gasteiger partial charge is 0.377 e. The summed E-state index contributed by atoms with van der Waals surface area (Å²) in [5.74, 6) is -0.598. The molecular formula is C12H12Br2FNO2. The van der Waals surface area contributed by atoms with Crippen LogP contribution in [0.25, 0.3) is 0 Å². The number of carbonyl (C=O) groups excluding carboxylic acids is 1. The molecule has 1 atom stereocenters. The molecule has 1 aromatic rings. The number of hydrogen-bond donors (Lipinski definition) is 0. The molecule has 1 aliphatic rings. The fourth-order valence-electron chi connectivity index (χ4n) is 1.87. The molecule has 0 radical (unpaired) electrons. The van der Waals surface area contributed by atoms with Gasteiger partial charge in [0.05, 0.1) is 29.3 Å². The van der Waals surface area contributed by atoms with Crippen LogP contribution in [0, 0.1) is 5.82 Å². The first-order valence-corrected chi connectivity index (χ1v) is 7.45. The van der Waals surface area contributed by atoms with E-state index in [0.29, 0.717) is 30.7 Å². The van der Waals surface area contributed by atoms with E-state index in [9.17, 15) is 9.18 Å². The van der Waals surface area contributed by atoms with E-state index in [1.807, 2.05) is 0 Å². The Balaban J connectivity index is 2.27. The van der Waals surface area contributed by atoms with Crippen LogP contribution in [0.4, 0.5) is 4.39 Å². The van der Waals surface area contributed by atoms with Crippen LogP contribution in [0.15, 0.2) is 22.7 Å². The number of rotatable bonds is 2. The summed E-state index contributed by atoms with van der Waals surface area (Å²) < 4.78 is 19.0. The lowest BCUT2D eigenvalue weighted by Crippen LogP contribution is -2.49. The molecule has 0 spiro atoms. The van der Waals surface area contributed by atoms with Gasteiger partial charge in [0, 0.05) is 11.9 Å². The maximum atomic E-state index is 13.4. The Hall–Kier alpha value is -0.460. The third kappa shape index (κ3) is 2.75. The average molecular weight is 381 g/mol. The molecule has 0 aromatic heterocycles. The van der Waals surface area contributed by atoms with Crippen molar-refractivity contribution in [1.82, 2.24) is 4.90 Å². The van der Waals surface area contributed by atoms with Gasteiger partial charge in [-0.1, -0.05) is 22.0 Å². The van der Waals surface area contributed by atoms with Crippen molar-refractivity contribution in [2.45, 2.75) is 6.04 Å². The van der Waals surface area contributed by atoms with E-state index < -0.39 is 5.82 Å². The number of halogens is 3. The summed E-state index contributed by atoms with van der Waals surface area (Å²) >= 11 is 6.49. The van der Waals surface area contributed by atoms with E-state index in [0.717, 1.165) is 0 Å². The van der Waals surface area contributed by atoms with Gasteiger partial charge in [0.15, 0.2) is 0 Å². The number of carbonyl (C=O) groups is 1. The maximum absolute atomic E-state index is 13.4. The van der Waals surface area contributed by atoms with Crippen LogP contribution in [0.3, 0.4) is 0 Å². The first-order chi connectivity index (χ1) is 8.65. The lowest BCUT2D eigenvalue weighted by molar-refractivity contribution is 0.00517. The molecule has 6 heteroatoms. The summed E-state index contributed by atoms with van der Waals surface area (Å²) in [4.78, 5) is 14.1. The van der Waals surface area contributed by atoms with Gasteiger partial charge in [0.25, 0.3) is 5.91 Å². The van der Waals surface area contributed by atoms with Crippen molar-refractivity contribution in [1.29, 1.82) is 0 Å². The zero-order valence-electron chi connectivity index (χ0n) is 9.54. The Bertz CT molecular complexity index is 456. The van der Waals surface area contributed by atoms with Gasteiger partial charge in [-0.05, 0) is 28.1 Å². The number of ether oxygens (including phenoxy) is 1. The lowest BCUT2D eigenvalue weighted by Gasteiger charge is -2.34. The van der Waals surface area contributed by atoms with Gasteiger partial charge in [-0.15, -0.1) is 0 Å². The van der Waals surface area contributed by atoms with E-state index in [1.54, 1.807) is 11.0 Å². The van der Waals surface area contributed by atoms with Crippen LogP contribution in [0.2, 0.25) is 0 Å². The third-order valence-corrected chi connectivity index (χ3v) is 4.40. The monoisotopic (exact) mass is 379 g/mol. The first kappa shape index (κ1) is 14.0. The van der Waals surface area contributed by atoms with Crippen molar-refractivity contribution in [3.8, 4) is 0 Å². The lowest BCUT2D eigenvalue weighted by atomic mass is 10.1. The molecule has 3 nitrogen and oxygen atoms in total. The Kier molecular flexibility index (Phi) is 4.75. The second kappa shape index (κ2) is 6.12. The fourth-order valence-corrected chi connectivity index (χ4v) is 2.84. The number of nitrogens with zero attached hydrogens (tertiary/aromatic N) is 1. The minimum absolute atomic E-state index is 0.0126. The third-order valence-electron chi connectivity index (χ3n) is 2.85. The molecule has 1 amide bonds. The minimum Gasteiger partial charge on any atom is -0.377 e. The Morgan fingerprint density at radius 3 is 3.06 bits per heavy atom. The molecule has 1 aliphatic heterocycles. The molecule has 0 bridgehead atoms. The van der Waals surface area contributed by atoms with Crippen molar-refractivity contribution in [2.75, 3.05) is 25.1 Å². The van der Waals surface area contributed by atoms with Crippen LogP contribution in [0.5, 0.6) is 0 Å². The van der Waals surface area contributed by atoms with Crippen molar-refractivity contribution in [3.63, 3.8) is 0 Å². The van der Waals surface area contributed by atoms with Gasteiger partial charge in [-0.3, -0.25) is 4.79 Å². The summed E-state index contributed by atoms with van der Waals surface area (Å²) in [6, 6.07) is 4.47. The molecule has 1 saturated heterocycles. The zero-order valence-corrected chi connectivity index (χ0v) is 12.7. The molecule has 18 heavy (non-hydrogen) atoms. The molecule has 1 heterocycles. The van der Waals surface area contributed by atoms with Crippen LogP contribution in [0.1, 0.15) is 10.4 Å². The second-order valence-electron chi connectivity index (χ2n) is 3.98. The van der Waals surface area contributed by atoms with E-state index in [-0.39, 0.29) is 16.4 Å². The van der Waals surface area contributed by atoms with Gasteiger partial charge < -0.3 is 9.64 Å². The molecule has 0 saturated carbocycles. The van der Waals surface area contributed by atoms with Crippen LogP contribution >= 0.6 is 31.9 Å². The molecule has 1 aromatic carbocycles. The van der Waals surface area contributed by atoms with Gasteiger partial charge in [0.1, 0.15) is 5.82 Å². The standard InChI is InChI=1S/C12H12Br2FNO2/c13-6-8-7-18-5-4-16(8)12(17)9-2-1-3-10(15)11(9)14/h1-3,8H,4-7H2. The highest BCUT2D eigenvalue weighted by atomic mass is 79.9. The number of benzene rings is 1. The molecule has 0 N–H and O–H groups in total. The van der Waals surface area contributed by atoms with Crippen molar-refractivity contribution in [3.05, 3.63) is 34.1 Å². The highest BCUT2D eigenvalue weighted by Crippen LogP contribution is 2.23. The molecule has 2 rings (SSSR count). The smallest absolute Gasteiger partial charge is 0.255 e. The molecule has 98 valence electrons. The summed E-state index contributed by atoms with van der Waals surface area (Å²) in [6.07, 6.45) is 0. The Morgan fingerprint density at radius 1 is 1.56 bits per heavy atom. The number of alkyl halides is 1. The SMILES string of the molecule is O=C(c1cccc(F)c1Br)N1CCOCC1CBr. The summed E-state index contributed by atoms with van der Waals surface area (Å²) in [5, 5.41) is 0.645. The van der Waals surface area contributed by atoms with E-state index in [2.05, 4.69) is 31.9 Å². The predicted octanol–water partition coefficient (Wildman–Crippen LogP) is 2.82. The molecule has 1 fully saturated rings. The minimum atomic E-state index is -0.426. The highest BCUT2D eigenvalue weighted by molar-refractivity contribution is 9.10. The number of morpholine rings is 1. The topological polar surface area (TPSA) is 29.5 Å². The van der Waals surface area contributed by atoms with Crippen molar-refractivity contribution >= 4 is 37.8 Å². The van der Waals surface area contributed by atoms with Crippen LogP contribution in [-0.4, -0.2) is 41.9 Å². The number of amides is 1. The van der Waals surface area contributed by atoms with E-state index in [4.69, 9.17) is 4.74 Å². The zero-order chi connectivity index (χ0) is 13.1. The molecule has 0 aliphatic carbocycles. The van der Waals surface area contributed by atoms with E-state index >= 15 is 0 Å². The van der Waals surface area contributed by atoms with Crippen molar-refractivity contribution in [2.24, 2.45) is 0 Å². The van der Waals surface area contributed by atoms with E-state index in [1.165, 1.54) is 12.1 Å². The average Bonchev–Trinajstić information content (AvgIpc) is 2.41. The highest BCUT2D eigenvalue weighted by Gasteiger charge is 2.28. The second-order valence-corrected chi connectivity index (χ2v) is 5.42. The molecular weight excluding hydrogens is 369 g/mol. The Morgan fingerprint density at radius 2 is 2.33 bits per heavy atom. The normalized spacial score (nSPS) is 19.9. The maximum Gasteiger partial charge on any atom is 0.255 e. The number of hydrogen-bond acceptors (Lipinski definition) is 2. The van der Waals surface area contributed by atoms with Crippen molar-refractivity contribution < 1.29 is 13.9 Å². The first-order valence-electron chi connectivity index (χ1n) is 5.54. The Labute approximate surface area is 122 Å². The van der Waals surface area contributed by atoms with Gasteiger partial charge >= 0.3 is 0 Å².